The first kappa shape index (κ1) is 17.2. The second-order valence-corrected chi connectivity index (χ2v) is 7.26. The molecule has 1 aliphatic rings. The van der Waals surface area contributed by atoms with Crippen LogP contribution in [0.4, 0.5) is 18.3 Å². The van der Waals surface area contributed by atoms with E-state index in [1.54, 1.807) is 0 Å². The van der Waals surface area contributed by atoms with E-state index < -0.39 is 11.7 Å². The first-order valence-corrected chi connectivity index (χ1v) is 8.61. The second-order valence-electron chi connectivity index (χ2n) is 6.14. The quantitative estimate of drug-likeness (QED) is 0.900. The Hall–Kier alpha value is -1.67. The minimum absolute atomic E-state index is 0.0378. The summed E-state index contributed by atoms with van der Waals surface area (Å²) in [5.74, 6) is 0. The fourth-order valence-corrected chi connectivity index (χ4v) is 3.94. The summed E-state index contributed by atoms with van der Waals surface area (Å²) in [5.41, 5.74) is 5.93. The zero-order valence-electron chi connectivity index (χ0n) is 13.5. The Balaban J connectivity index is 1.98. The number of pyridine rings is 1. The van der Waals surface area contributed by atoms with Gasteiger partial charge >= 0.3 is 6.18 Å². The van der Waals surface area contributed by atoms with Gasteiger partial charge < -0.3 is 5.73 Å². The van der Waals surface area contributed by atoms with Crippen molar-refractivity contribution in [1.82, 2.24) is 14.9 Å². The number of halogens is 3. The molecule has 0 radical (unpaired) electrons. The Morgan fingerprint density at radius 1 is 1.42 bits per heavy atom. The molecule has 2 aromatic rings. The summed E-state index contributed by atoms with van der Waals surface area (Å²) < 4.78 is 39.4. The molecule has 0 unspecified atom stereocenters. The van der Waals surface area contributed by atoms with E-state index >= 15 is 0 Å². The van der Waals surface area contributed by atoms with E-state index in [9.17, 15) is 13.2 Å². The Bertz CT molecular complexity index is 741. The molecule has 0 spiro atoms. The van der Waals surface area contributed by atoms with Crippen molar-refractivity contribution in [3.05, 3.63) is 28.4 Å². The molecule has 24 heavy (non-hydrogen) atoms. The van der Waals surface area contributed by atoms with Gasteiger partial charge in [0.25, 0.3) is 0 Å². The average molecular weight is 356 g/mol. The van der Waals surface area contributed by atoms with Gasteiger partial charge in [-0.25, -0.2) is 4.98 Å². The number of hydrogen-bond acceptors (Lipinski definition) is 5. The highest BCUT2D eigenvalue weighted by Crippen LogP contribution is 2.36. The summed E-state index contributed by atoms with van der Waals surface area (Å²) in [5, 5.41) is 0.362. The largest absolute Gasteiger partial charge is 0.418 e. The molecule has 2 aromatic heterocycles. The molecular formula is C16H19F3N4S. The number of anilines is 1. The second kappa shape index (κ2) is 6.33. The number of aromatic nitrogens is 2. The van der Waals surface area contributed by atoms with Gasteiger partial charge in [0.05, 0.1) is 11.3 Å². The lowest BCUT2D eigenvalue weighted by atomic mass is 10.1. The number of nitrogens with two attached hydrogens (primary N) is 1. The third-order valence-corrected chi connectivity index (χ3v) is 5.29. The van der Waals surface area contributed by atoms with E-state index in [4.69, 9.17) is 5.73 Å². The molecule has 0 saturated carbocycles. The summed E-state index contributed by atoms with van der Waals surface area (Å²) in [6, 6.07) is 1.58. The molecule has 130 valence electrons. The number of nitrogens with zero attached hydrogens (tertiary/aromatic N) is 3. The lowest BCUT2D eigenvalue weighted by Gasteiger charge is -2.20. The van der Waals surface area contributed by atoms with Crippen LogP contribution in [-0.2, 0) is 12.7 Å². The first-order chi connectivity index (χ1) is 11.3. The number of rotatable bonds is 3. The summed E-state index contributed by atoms with van der Waals surface area (Å²) >= 11 is 1.33. The number of alkyl halides is 3. The van der Waals surface area contributed by atoms with Crippen LogP contribution >= 0.6 is 11.3 Å². The van der Waals surface area contributed by atoms with Crippen molar-refractivity contribution in [1.29, 1.82) is 0 Å². The van der Waals surface area contributed by atoms with Crippen molar-refractivity contribution in [3.63, 3.8) is 0 Å². The van der Waals surface area contributed by atoms with Crippen molar-refractivity contribution >= 4 is 16.5 Å². The van der Waals surface area contributed by atoms with Crippen LogP contribution in [0.25, 0.3) is 11.3 Å². The van der Waals surface area contributed by atoms with Crippen molar-refractivity contribution < 1.29 is 13.2 Å². The molecule has 3 heterocycles. The molecule has 4 nitrogen and oxygen atoms in total. The van der Waals surface area contributed by atoms with Gasteiger partial charge in [-0.05, 0) is 39.3 Å². The van der Waals surface area contributed by atoms with Gasteiger partial charge in [-0.2, -0.15) is 13.2 Å². The zero-order chi connectivity index (χ0) is 17.5. The van der Waals surface area contributed by atoms with Crippen LogP contribution in [0.15, 0.2) is 12.3 Å². The maximum absolute atomic E-state index is 13.1. The van der Waals surface area contributed by atoms with E-state index in [-0.39, 0.29) is 5.69 Å². The third-order valence-electron chi connectivity index (χ3n) is 4.42. The number of aryl methyl sites for hydroxylation is 1. The van der Waals surface area contributed by atoms with Gasteiger partial charge in [0.15, 0.2) is 5.13 Å². The number of nitrogen functional groups attached to an aromatic ring is 1. The highest BCUT2D eigenvalue weighted by molar-refractivity contribution is 7.15. The lowest BCUT2D eigenvalue weighted by molar-refractivity contribution is -0.138. The Morgan fingerprint density at radius 2 is 2.17 bits per heavy atom. The highest BCUT2D eigenvalue weighted by atomic mass is 32.1. The monoisotopic (exact) mass is 356 g/mol. The normalized spacial score (nSPS) is 19.1. The van der Waals surface area contributed by atoms with Crippen LogP contribution in [0.5, 0.6) is 0 Å². The molecule has 0 bridgehead atoms. The molecule has 0 amide bonds. The van der Waals surface area contributed by atoms with E-state index in [0.29, 0.717) is 29.0 Å². The van der Waals surface area contributed by atoms with E-state index in [0.717, 1.165) is 30.3 Å². The van der Waals surface area contributed by atoms with Crippen LogP contribution in [0.3, 0.4) is 0 Å². The fraction of sp³-hybridized carbons (Fsp3) is 0.500. The SMILES string of the molecule is Cc1ncc(-c2nc(N)sc2CN2CCC[C@H]2C)cc1C(F)(F)F. The number of hydrogen-bond donors (Lipinski definition) is 1. The summed E-state index contributed by atoms with van der Waals surface area (Å²) in [6.45, 7) is 5.15. The summed E-state index contributed by atoms with van der Waals surface area (Å²) in [6.07, 6.45) is -0.725. The molecule has 3 rings (SSSR count). The van der Waals surface area contributed by atoms with Crippen molar-refractivity contribution in [2.45, 2.75) is 45.5 Å². The predicted octanol–water partition coefficient (Wildman–Crippen LogP) is 4.10. The third kappa shape index (κ3) is 3.39. The molecular weight excluding hydrogens is 337 g/mol. The van der Waals surface area contributed by atoms with Crippen LogP contribution < -0.4 is 5.73 Å². The van der Waals surface area contributed by atoms with Gasteiger partial charge in [-0.1, -0.05) is 0 Å². The van der Waals surface area contributed by atoms with Gasteiger partial charge in [0.1, 0.15) is 0 Å². The van der Waals surface area contributed by atoms with Gasteiger partial charge in [0, 0.05) is 34.9 Å². The minimum atomic E-state index is -4.43. The zero-order valence-corrected chi connectivity index (χ0v) is 14.3. The van der Waals surface area contributed by atoms with Crippen molar-refractivity contribution in [2.24, 2.45) is 0 Å². The summed E-state index contributed by atoms with van der Waals surface area (Å²) in [4.78, 5) is 11.4. The molecule has 2 N–H and O–H groups in total. The van der Waals surface area contributed by atoms with Crippen molar-refractivity contribution in [3.8, 4) is 11.3 Å². The van der Waals surface area contributed by atoms with Gasteiger partial charge in [-0.3, -0.25) is 9.88 Å². The van der Waals surface area contributed by atoms with Crippen molar-refractivity contribution in [2.75, 3.05) is 12.3 Å². The smallest absolute Gasteiger partial charge is 0.375 e. The van der Waals surface area contributed by atoms with E-state index in [1.165, 1.54) is 24.5 Å². The predicted molar refractivity (Wildman–Crippen MR) is 88.6 cm³/mol. The van der Waals surface area contributed by atoms with E-state index in [2.05, 4.69) is 21.8 Å². The topological polar surface area (TPSA) is 55.0 Å². The van der Waals surface area contributed by atoms with E-state index in [1.807, 2.05) is 0 Å². The molecule has 0 aliphatic carbocycles. The Morgan fingerprint density at radius 3 is 2.79 bits per heavy atom. The fourth-order valence-electron chi connectivity index (χ4n) is 3.06. The molecule has 1 fully saturated rings. The maximum Gasteiger partial charge on any atom is 0.418 e. The Kier molecular flexibility index (Phi) is 4.52. The molecule has 8 heteroatoms. The number of thiazole rings is 1. The highest BCUT2D eigenvalue weighted by Gasteiger charge is 2.34. The molecule has 0 aromatic carbocycles. The summed E-state index contributed by atoms with van der Waals surface area (Å²) in [7, 11) is 0. The molecule has 1 atom stereocenters. The minimum Gasteiger partial charge on any atom is -0.375 e. The van der Waals surface area contributed by atoms with Crippen LogP contribution in [0, 0.1) is 6.92 Å². The maximum atomic E-state index is 13.1. The Labute approximate surface area is 142 Å². The van der Waals surface area contributed by atoms with Gasteiger partial charge in [-0.15, -0.1) is 11.3 Å². The molecule has 1 aliphatic heterocycles. The van der Waals surface area contributed by atoms with Crippen LogP contribution in [0.1, 0.15) is 35.9 Å². The lowest BCUT2D eigenvalue weighted by Crippen LogP contribution is -2.25. The average Bonchev–Trinajstić information content (AvgIpc) is 3.05. The standard InChI is InChI=1S/C16H19F3N4S/c1-9-4-3-5-23(9)8-13-14(22-15(20)24-13)11-6-12(16(17,18)19)10(2)21-7-11/h6-7,9H,3-5,8H2,1-2H3,(H2,20,22)/t9-/m1/s1. The molecule has 1 saturated heterocycles. The van der Waals surface area contributed by atoms with Crippen LogP contribution in [-0.4, -0.2) is 27.5 Å². The number of likely N-dealkylation sites (tertiary alicyclic amines) is 1. The van der Waals surface area contributed by atoms with Gasteiger partial charge in [0.2, 0.25) is 0 Å². The van der Waals surface area contributed by atoms with Crippen LogP contribution in [0.2, 0.25) is 0 Å². The first-order valence-electron chi connectivity index (χ1n) is 7.79.